The highest BCUT2D eigenvalue weighted by atomic mass is 32.2. The quantitative estimate of drug-likeness (QED) is 0.421. The minimum absolute atomic E-state index is 0.0415. The van der Waals surface area contributed by atoms with Crippen LogP contribution in [0, 0.1) is 11.7 Å². The maximum absolute atomic E-state index is 13.6. The number of aliphatic hydroxyl groups excluding tert-OH is 1. The van der Waals surface area contributed by atoms with E-state index in [1.54, 1.807) is 25.1 Å². The number of sulfonamides is 1. The maximum Gasteiger partial charge on any atom is 0.258 e. The number of halogens is 1. The summed E-state index contributed by atoms with van der Waals surface area (Å²) in [7, 11) is 1.34. The Bertz CT molecular complexity index is 1290. The molecular formula is C28H39FN4O6S. The van der Waals surface area contributed by atoms with Gasteiger partial charge in [0.2, 0.25) is 15.9 Å². The number of hydrogen-bond donors (Lipinski definition) is 2. The number of likely N-dealkylation sites (N-methyl/N-ethyl adjacent to an activating group) is 1. The van der Waals surface area contributed by atoms with Gasteiger partial charge in [-0.1, -0.05) is 6.92 Å². The first-order valence-electron chi connectivity index (χ1n) is 13.2. The first kappa shape index (κ1) is 31.5. The van der Waals surface area contributed by atoms with Crippen molar-refractivity contribution in [1.82, 2.24) is 14.1 Å². The van der Waals surface area contributed by atoms with E-state index in [2.05, 4.69) is 5.32 Å². The third-order valence-electron chi connectivity index (χ3n) is 6.92. The minimum atomic E-state index is -3.94. The fourth-order valence-corrected chi connectivity index (χ4v) is 5.62. The van der Waals surface area contributed by atoms with Crippen LogP contribution in [0.15, 0.2) is 47.4 Å². The highest BCUT2D eigenvalue weighted by molar-refractivity contribution is 7.89. The Morgan fingerprint density at radius 1 is 1.20 bits per heavy atom. The number of carbonyl (C=O) groups excluding carboxylic acids is 2. The molecule has 2 aromatic rings. The SMILES string of the molecule is C[C@@H]1CN([C@@H](C)CO)C(=O)c2cc(NC(=O)CCCN(C)C)ccc2O[C@@H]1CN(C)S(=O)(=O)c1ccc(F)cc1. The fraction of sp³-hybridized carbons (Fsp3) is 0.500. The second kappa shape index (κ2) is 13.5. The van der Waals surface area contributed by atoms with Crippen LogP contribution in [-0.2, 0) is 14.8 Å². The molecule has 0 saturated heterocycles. The lowest BCUT2D eigenvalue weighted by Crippen LogP contribution is -2.50. The molecule has 0 radical (unpaired) electrons. The van der Waals surface area contributed by atoms with Gasteiger partial charge in [-0.15, -0.1) is 0 Å². The second-order valence-corrected chi connectivity index (χ2v) is 12.6. The molecule has 0 fully saturated rings. The van der Waals surface area contributed by atoms with Crippen LogP contribution in [0.5, 0.6) is 5.75 Å². The van der Waals surface area contributed by atoms with Gasteiger partial charge in [0.05, 0.1) is 29.7 Å². The molecule has 10 nitrogen and oxygen atoms in total. The summed E-state index contributed by atoms with van der Waals surface area (Å²) in [5.74, 6) is -1.15. The second-order valence-electron chi connectivity index (χ2n) is 10.5. The third kappa shape index (κ3) is 7.78. The number of aliphatic hydroxyl groups is 1. The van der Waals surface area contributed by atoms with Gasteiger partial charge in [-0.3, -0.25) is 9.59 Å². The molecule has 2 N–H and O–H groups in total. The van der Waals surface area contributed by atoms with Crippen molar-refractivity contribution < 1.29 is 32.2 Å². The summed E-state index contributed by atoms with van der Waals surface area (Å²) in [5.41, 5.74) is 0.635. The molecule has 220 valence electrons. The Balaban J connectivity index is 1.89. The number of carbonyl (C=O) groups is 2. The number of ether oxygens (including phenoxy) is 1. The van der Waals surface area contributed by atoms with E-state index >= 15 is 0 Å². The predicted octanol–water partition coefficient (Wildman–Crippen LogP) is 2.65. The van der Waals surface area contributed by atoms with Crippen molar-refractivity contribution in [3.8, 4) is 5.75 Å². The van der Waals surface area contributed by atoms with E-state index in [1.165, 1.54) is 24.1 Å². The number of hydrogen-bond acceptors (Lipinski definition) is 7. The normalized spacial score (nSPS) is 18.6. The molecule has 40 heavy (non-hydrogen) atoms. The van der Waals surface area contributed by atoms with Crippen LogP contribution in [-0.4, -0.2) is 99.0 Å². The van der Waals surface area contributed by atoms with E-state index in [0.29, 0.717) is 18.5 Å². The summed E-state index contributed by atoms with van der Waals surface area (Å²) in [5, 5.41) is 12.7. The maximum atomic E-state index is 13.6. The molecule has 0 unspecified atom stereocenters. The van der Waals surface area contributed by atoms with Crippen LogP contribution in [0.4, 0.5) is 10.1 Å². The Morgan fingerprint density at radius 2 is 1.88 bits per heavy atom. The van der Waals surface area contributed by atoms with Gasteiger partial charge in [0, 0.05) is 31.6 Å². The van der Waals surface area contributed by atoms with Crippen LogP contribution in [0.2, 0.25) is 0 Å². The van der Waals surface area contributed by atoms with Crippen molar-refractivity contribution >= 4 is 27.5 Å². The van der Waals surface area contributed by atoms with Crippen molar-refractivity contribution in [3.05, 3.63) is 53.8 Å². The van der Waals surface area contributed by atoms with Gasteiger partial charge in [-0.25, -0.2) is 12.8 Å². The van der Waals surface area contributed by atoms with Gasteiger partial charge in [-0.05, 0) is 76.4 Å². The lowest BCUT2D eigenvalue weighted by atomic mass is 9.99. The standard InChI is InChI=1S/C28H39FN4O6S/c1-19-16-33(20(2)18-34)28(36)24-15-22(30-27(35)7-6-14-31(3)4)10-13-25(24)39-26(19)17-32(5)40(37,38)23-11-8-21(29)9-12-23/h8-13,15,19-20,26,34H,6-7,14,16-18H2,1-5H3,(H,30,35)/t19-,20+,26-/m1/s1. The van der Waals surface area contributed by atoms with E-state index in [4.69, 9.17) is 4.74 Å². The Hall–Kier alpha value is -3.06. The van der Waals surface area contributed by atoms with E-state index in [-0.39, 0.29) is 53.6 Å². The number of rotatable bonds is 11. The summed E-state index contributed by atoms with van der Waals surface area (Å²) in [6.07, 6.45) is 0.343. The zero-order chi connectivity index (χ0) is 29.6. The fourth-order valence-electron chi connectivity index (χ4n) is 4.44. The molecule has 0 spiro atoms. The topological polar surface area (TPSA) is 119 Å². The number of benzene rings is 2. The Labute approximate surface area is 235 Å². The van der Waals surface area contributed by atoms with Crippen LogP contribution >= 0.6 is 0 Å². The highest BCUT2D eigenvalue weighted by Gasteiger charge is 2.35. The molecule has 0 saturated carbocycles. The first-order valence-corrected chi connectivity index (χ1v) is 14.7. The summed E-state index contributed by atoms with van der Waals surface area (Å²) < 4.78 is 47.1. The van der Waals surface area contributed by atoms with Crippen molar-refractivity contribution in [2.45, 2.75) is 43.7 Å². The lowest BCUT2D eigenvalue weighted by molar-refractivity contribution is -0.116. The van der Waals surface area contributed by atoms with Gasteiger partial charge in [0.1, 0.15) is 17.7 Å². The molecule has 3 rings (SSSR count). The largest absolute Gasteiger partial charge is 0.488 e. The average molecular weight is 579 g/mol. The Morgan fingerprint density at radius 3 is 2.50 bits per heavy atom. The molecule has 0 aromatic heterocycles. The molecular weight excluding hydrogens is 539 g/mol. The monoisotopic (exact) mass is 578 g/mol. The predicted molar refractivity (Wildman–Crippen MR) is 150 cm³/mol. The van der Waals surface area contributed by atoms with Crippen LogP contribution < -0.4 is 10.1 Å². The molecule has 12 heteroatoms. The number of amides is 2. The number of nitrogens with zero attached hydrogens (tertiary/aromatic N) is 3. The molecule has 2 amide bonds. The van der Waals surface area contributed by atoms with E-state index in [9.17, 15) is 27.5 Å². The van der Waals surface area contributed by atoms with Gasteiger partial charge in [0.25, 0.3) is 5.91 Å². The third-order valence-corrected chi connectivity index (χ3v) is 8.75. The minimum Gasteiger partial charge on any atom is -0.488 e. The van der Waals surface area contributed by atoms with Crippen LogP contribution in [0.25, 0.3) is 0 Å². The van der Waals surface area contributed by atoms with Crippen molar-refractivity contribution in [2.75, 3.05) is 52.7 Å². The zero-order valence-electron chi connectivity index (χ0n) is 23.6. The molecule has 3 atom stereocenters. The van der Waals surface area contributed by atoms with E-state index in [0.717, 1.165) is 23.0 Å². The molecule has 0 aliphatic carbocycles. The number of anilines is 1. The zero-order valence-corrected chi connectivity index (χ0v) is 24.4. The van der Waals surface area contributed by atoms with Crippen molar-refractivity contribution in [1.29, 1.82) is 0 Å². The van der Waals surface area contributed by atoms with Gasteiger partial charge in [0.15, 0.2) is 0 Å². The molecule has 1 aliphatic rings. The molecule has 1 heterocycles. The lowest BCUT2D eigenvalue weighted by Gasteiger charge is -2.38. The van der Waals surface area contributed by atoms with Crippen molar-refractivity contribution in [2.24, 2.45) is 5.92 Å². The van der Waals surface area contributed by atoms with E-state index in [1.807, 2.05) is 25.9 Å². The molecule has 0 bridgehead atoms. The van der Waals surface area contributed by atoms with Crippen molar-refractivity contribution in [3.63, 3.8) is 0 Å². The average Bonchev–Trinajstić information content (AvgIpc) is 2.90. The summed E-state index contributed by atoms with van der Waals surface area (Å²) in [6, 6.07) is 8.85. The molecule has 2 aromatic carbocycles. The smallest absolute Gasteiger partial charge is 0.258 e. The van der Waals surface area contributed by atoms with Crippen LogP contribution in [0.1, 0.15) is 37.0 Å². The number of fused-ring (bicyclic) bond motifs is 1. The Kier molecular flexibility index (Phi) is 10.6. The van der Waals surface area contributed by atoms with Gasteiger partial charge < -0.3 is 25.0 Å². The van der Waals surface area contributed by atoms with Crippen LogP contribution in [0.3, 0.4) is 0 Å². The summed E-state index contributed by atoms with van der Waals surface area (Å²) >= 11 is 0. The summed E-state index contributed by atoms with van der Waals surface area (Å²) in [6.45, 7) is 4.24. The molecule has 1 aliphatic heterocycles. The first-order chi connectivity index (χ1) is 18.8. The van der Waals surface area contributed by atoms with Gasteiger partial charge >= 0.3 is 0 Å². The van der Waals surface area contributed by atoms with Gasteiger partial charge in [-0.2, -0.15) is 4.31 Å². The number of nitrogens with one attached hydrogen (secondary N) is 1. The van der Waals surface area contributed by atoms with E-state index < -0.39 is 28.0 Å². The highest BCUT2D eigenvalue weighted by Crippen LogP contribution is 2.31. The summed E-state index contributed by atoms with van der Waals surface area (Å²) in [4.78, 5) is 29.5.